The van der Waals surface area contributed by atoms with Gasteiger partial charge in [0.15, 0.2) is 0 Å². The number of carbonyl (C=O) groups is 1. The summed E-state index contributed by atoms with van der Waals surface area (Å²) in [4.78, 5) is 10.3. The highest BCUT2D eigenvalue weighted by molar-refractivity contribution is 6.13. The SMILES string of the molecule is CCCCCC/C=C\CCCCCCCC(=O)O.OBO.OCC(CO)(CO)CO. The van der Waals surface area contributed by atoms with E-state index in [9.17, 15) is 4.79 Å². The second-order valence-corrected chi connectivity index (χ2v) is 7.29. The minimum Gasteiger partial charge on any atom is -0.481 e. The molecule has 0 unspecified atom stereocenters. The first-order chi connectivity index (χ1) is 14.4. The van der Waals surface area contributed by atoms with Crippen LogP contribution >= 0.6 is 0 Å². The number of aliphatic carboxylic acids is 1. The van der Waals surface area contributed by atoms with Crippen molar-refractivity contribution in [1.82, 2.24) is 0 Å². The largest absolute Gasteiger partial charge is 0.481 e. The van der Waals surface area contributed by atoms with Crippen molar-refractivity contribution >= 4 is 13.7 Å². The smallest absolute Gasteiger partial charge is 0.432 e. The van der Waals surface area contributed by atoms with Gasteiger partial charge in [0.1, 0.15) is 0 Å². The summed E-state index contributed by atoms with van der Waals surface area (Å²) in [5.74, 6) is -0.666. The fourth-order valence-electron chi connectivity index (χ4n) is 2.29. The van der Waals surface area contributed by atoms with Gasteiger partial charge in [-0.05, 0) is 32.1 Å². The van der Waals surface area contributed by atoms with Crippen LogP contribution in [-0.4, -0.2) is 75.7 Å². The Kier molecular flexibility index (Phi) is 31.5. The molecule has 0 aliphatic rings. The quantitative estimate of drug-likeness (QED) is 0.103. The molecule has 0 saturated carbocycles. The first-order valence-corrected chi connectivity index (χ1v) is 10.9. The van der Waals surface area contributed by atoms with Crippen LogP contribution in [0.3, 0.4) is 0 Å². The average Bonchev–Trinajstić information content (AvgIpc) is 2.74. The van der Waals surface area contributed by atoms with Crippen LogP contribution in [0.5, 0.6) is 0 Å². The number of rotatable bonds is 17. The summed E-state index contributed by atoms with van der Waals surface area (Å²) < 4.78 is 0. The second-order valence-electron chi connectivity index (χ2n) is 7.29. The Bertz CT molecular complexity index is 345. The maximum absolute atomic E-state index is 10.3. The first-order valence-electron chi connectivity index (χ1n) is 10.9. The van der Waals surface area contributed by atoms with Gasteiger partial charge in [-0.1, -0.05) is 57.6 Å². The molecule has 8 nitrogen and oxygen atoms in total. The molecule has 9 heteroatoms. The van der Waals surface area contributed by atoms with Gasteiger partial charge in [0.2, 0.25) is 0 Å². The topological polar surface area (TPSA) is 159 Å². The highest BCUT2D eigenvalue weighted by Crippen LogP contribution is 2.12. The molecule has 0 bridgehead atoms. The van der Waals surface area contributed by atoms with Crippen LogP contribution in [0.25, 0.3) is 0 Å². The maximum atomic E-state index is 10.3. The van der Waals surface area contributed by atoms with Crippen molar-refractivity contribution in [2.45, 2.75) is 84.0 Å². The third-order valence-corrected chi connectivity index (χ3v) is 4.49. The molecule has 0 aromatic heterocycles. The predicted octanol–water partition coefficient (Wildman–Crippen LogP) is 1.51. The van der Waals surface area contributed by atoms with E-state index in [-0.39, 0.29) is 0 Å². The van der Waals surface area contributed by atoms with E-state index in [4.69, 9.17) is 35.6 Å². The van der Waals surface area contributed by atoms with Gasteiger partial charge in [-0.3, -0.25) is 4.79 Å². The number of aliphatic hydroxyl groups is 4. The third kappa shape index (κ3) is 27.0. The minimum atomic E-state index is -1.11. The van der Waals surface area contributed by atoms with Gasteiger partial charge in [-0.25, -0.2) is 0 Å². The maximum Gasteiger partial charge on any atom is 0.432 e. The van der Waals surface area contributed by atoms with Crippen LogP contribution in [0, 0.1) is 5.41 Å². The molecule has 0 aromatic carbocycles. The van der Waals surface area contributed by atoms with Gasteiger partial charge < -0.3 is 35.6 Å². The Labute approximate surface area is 182 Å². The van der Waals surface area contributed by atoms with E-state index in [2.05, 4.69) is 19.1 Å². The van der Waals surface area contributed by atoms with Crippen LogP contribution in [0.4, 0.5) is 0 Å². The van der Waals surface area contributed by atoms with Crippen molar-refractivity contribution in [2.75, 3.05) is 26.4 Å². The monoisotopic (exact) mass is 436 g/mol. The molecule has 0 spiro atoms. The highest BCUT2D eigenvalue weighted by atomic mass is 16.4. The summed E-state index contributed by atoms with van der Waals surface area (Å²) in [6, 6.07) is 0. The molecule has 0 atom stereocenters. The lowest BCUT2D eigenvalue weighted by molar-refractivity contribution is -0.137. The summed E-state index contributed by atoms with van der Waals surface area (Å²) >= 11 is 0. The van der Waals surface area contributed by atoms with Gasteiger partial charge in [-0.2, -0.15) is 0 Å². The summed E-state index contributed by atoms with van der Waals surface area (Å²) in [6.45, 7) is 0.617. The van der Waals surface area contributed by atoms with E-state index in [0.29, 0.717) is 6.42 Å². The predicted molar refractivity (Wildman–Crippen MR) is 120 cm³/mol. The summed E-state index contributed by atoms with van der Waals surface area (Å²) in [6.07, 6.45) is 18.3. The summed E-state index contributed by atoms with van der Waals surface area (Å²) in [7, 11) is -0.750. The van der Waals surface area contributed by atoms with Gasteiger partial charge in [0, 0.05) is 6.42 Å². The Morgan fingerprint density at radius 3 is 1.43 bits per heavy atom. The molecule has 0 aliphatic carbocycles. The molecule has 0 aromatic rings. The third-order valence-electron chi connectivity index (χ3n) is 4.49. The Hall–Kier alpha value is -0.965. The average molecular weight is 436 g/mol. The molecule has 0 amide bonds. The van der Waals surface area contributed by atoms with Gasteiger partial charge >= 0.3 is 13.7 Å². The molecule has 0 heterocycles. The Balaban J connectivity index is -0.000000505. The van der Waals surface area contributed by atoms with Crippen LogP contribution in [0.15, 0.2) is 12.2 Å². The fourth-order valence-corrected chi connectivity index (χ4v) is 2.29. The van der Waals surface area contributed by atoms with Crippen molar-refractivity contribution in [2.24, 2.45) is 5.41 Å². The zero-order valence-electron chi connectivity index (χ0n) is 18.7. The number of hydrogen-bond acceptors (Lipinski definition) is 7. The highest BCUT2D eigenvalue weighted by Gasteiger charge is 2.26. The van der Waals surface area contributed by atoms with E-state index in [0.717, 1.165) is 12.8 Å². The minimum absolute atomic E-state index is 0.331. The molecule has 0 aliphatic heterocycles. The lowest BCUT2D eigenvalue weighted by Crippen LogP contribution is -2.37. The van der Waals surface area contributed by atoms with Crippen LogP contribution < -0.4 is 0 Å². The first kappa shape index (κ1) is 33.7. The number of aliphatic hydroxyl groups excluding tert-OH is 4. The van der Waals surface area contributed by atoms with Crippen molar-refractivity contribution < 1.29 is 40.4 Å². The van der Waals surface area contributed by atoms with Crippen LogP contribution in [0.2, 0.25) is 0 Å². The Morgan fingerprint density at radius 2 is 1.10 bits per heavy atom. The zero-order chi connectivity index (χ0) is 23.5. The number of carboxylic acid groups (broad SMARTS) is 1. The van der Waals surface area contributed by atoms with E-state index >= 15 is 0 Å². The molecule has 180 valence electrons. The second kappa shape index (κ2) is 28.0. The fraction of sp³-hybridized carbons (Fsp3) is 0.857. The lowest BCUT2D eigenvalue weighted by atomic mass is 9.93. The molecule has 30 heavy (non-hydrogen) atoms. The van der Waals surface area contributed by atoms with E-state index in [1.54, 1.807) is 0 Å². The van der Waals surface area contributed by atoms with E-state index < -0.39 is 45.5 Å². The van der Waals surface area contributed by atoms with Crippen molar-refractivity contribution in [3.63, 3.8) is 0 Å². The summed E-state index contributed by atoms with van der Waals surface area (Å²) in [5.41, 5.74) is -1.11. The van der Waals surface area contributed by atoms with E-state index in [1.807, 2.05) is 0 Å². The molecule has 0 radical (unpaired) electrons. The number of allylic oxidation sites excluding steroid dienone is 2. The number of unbranched alkanes of at least 4 members (excludes halogenated alkanes) is 9. The standard InChI is InChI=1S/C16H30O2.C5H12O4.BH3O2/c1-2-3-4-5-6-7-8-9-10-11-12-13-14-15-16(17)18;6-1-5(2-7,3-8)4-9;2-1-3/h7-8H,2-6,9-15H2,1H3,(H,17,18);6-9H,1-4H2;1-3H/b8-7-;;. The number of hydrogen-bond donors (Lipinski definition) is 7. The molecule has 0 saturated heterocycles. The van der Waals surface area contributed by atoms with Crippen molar-refractivity contribution in [3.05, 3.63) is 12.2 Å². The van der Waals surface area contributed by atoms with E-state index in [1.165, 1.54) is 57.8 Å². The summed E-state index contributed by atoms with van der Waals surface area (Å²) in [5, 5.41) is 56.7. The normalized spacial score (nSPS) is 10.8. The molecular weight excluding hydrogens is 391 g/mol. The number of carboxylic acids is 1. The van der Waals surface area contributed by atoms with Gasteiger partial charge in [0.25, 0.3) is 0 Å². The molecular formula is C21H45BO8. The van der Waals surface area contributed by atoms with Gasteiger partial charge in [0.05, 0.1) is 31.8 Å². The Morgan fingerprint density at radius 1 is 0.733 bits per heavy atom. The molecule has 0 fully saturated rings. The lowest BCUT2D eigenvalue weighted by Gasteiger charge is -2.23. The zero-order valence-corrected chi connectivity index (χ0v) is 18.7. The van der Waals surface area contributed by atoms with Crippen LogP contribution in [0.1, 0.15) is 84.0 Å². The van der Waals surface area contributed by atoms with Crippen molar-refractivity contribution in [1.29, 1.82) is 0 Å². The molecule has 7 N–H and O–H groups in total. The van der Waals surface area contributed by atoms with Crippen molar-refractivity contribution in [3.8, 4) is 0 Å². The molecule has 0 rings (SSSR count). The van der Waals surface area contributed by atoms with Crippen LogP contribution in [-0.2, 0) is 4.79 Å². The van der Waals surface area contributed by atoms with Gasteiger partial charge in [-0.15, -0.1) is 0 Å².